The molecule has 0 saturated heterocycles. The van der Waals surface area contributed by atoms with Gasteiger partial charge in [-0.1, -0.05) is 6.07 Å². The topological polar surface area (TPSA) is 103 Å². The molecule has 0 aliphatic carbocycles. The van der Waals surface area contributed by atoms with E-state index >= 15 is 0 Å². The summed E-state index contributed by atoms with van der Waals surface area (Å²) in [6.07, 6.45) is 0.710. The normalized spacial score (nSPS) is 14.0. The average Bonchev–Trinajstić information content (AvgIpc) is 2.94. The van der Waals surface area contributed by atoms with Crippen molar-refractivity contribution in [2.24, 2.45) is 0 Å². The minimum absolute atomic E-state index is 0.00971. The molecule has 1 radical (unpaired) electrons. The number of benzene rings is 2. The van der Waals surface area contributed by atoms with Crippen LogP contribution >= 0.6 is 0 Å². The van der Waals surface area contributed by atoms with E-state index in [1.807, 2.05) is 0 Å². The third-order valence-electron chi connectivity index (χ3n) is 3.59. The molecule has 0 saturated carbocycles. The van der Waals surface area contributed by atoms with Crippen LogP contribution in [0.25, 0.3) is 10.8 Å². The quantitative estimate of drug-likeness (QED) is 0.684. The molecule has 0 bridgehead atoms. The first-order chi connectivity index (χ1) is 9.94. The highest BCUT2D eigenvalue weighted by atomic mass is 32.2. The number of nitrogens with zero attached hydrogens (tertiary/aromatic N) is 2. The summed E-state index contributed by atoms with van der Waals surface area (Å²) in [6, 6.07) is 5.83. The number of nitrogens with one attached hydrogen (secondary N) is 1. The monoisotopic (exact) mass is 306 g/mol. The first kappa shape index (κ1) is 13.8. The molecule has 0 amide bonds. The van der Waals surface area contributed by atoms with E-state index in [1.165, 1.54) is 25.2 Å². The standard InChI is InChI=1S/C13H12N3O4S/c1-14-21(19,20)8-2-3-9-10-4-5-15-12(10)7-13(16(17)18)11(9)6-8/h2-3,6-7,14H,4-5H2,1H3. The lowest BCUT2D eigenvalue weighted by atomic mass is 10.0. The molecule has 109 valence electrons. The van der Waals surface area contributed by atoms with Gasteiger partial charge in [-0.2, -0.15) is 0 Å². The molecule has 0 spiro atoms. The van der Waals surface area contributed by atoms with Crippen molar-refractivity contribution < 1.29 is 13.3 Å². The van der Waals surface area contributed by atoms with Crippen LogP contribution in [0.1, 0.15) is 5.56 Å². The summed E-state index contributed by atoms with van der Waals surface area (Å²) in [7, 11) is -2.34. The maximum Gasteiger partial charge on any atom is 0.279 e. The van der Waals surface area contributed by atoms with Crippen LogP contribution < -0.4 is 10.0 Å². The van der Waals surface area contributed by atoms with Gasteiger partial charge in [0.25, 0.3) is 5.69 Å². The second-order valence-corrected chi connectivity index (χ2v) is 6.58. The first-order valence-electron chi connectivity index (χ1n) is 6.29. The van der Waals surface area contributed by atoms with E-state index in [4.69, 9.17) is 0 Å². The minimum atomic E-state index is -3.64. The van der Waals surface area contributed by atoms with Crippen LogP contribution in [0.2, 0.25) is 0 Å². The molecule has 1 N–H and O–H groups in total. The van der Waals surface area contributed by atoms with Gasteiger partial charge in [0.15, 0.2) is 0 Å². The third-order valence-corrected chi connectivity index (χ3v) is 5.01. The third kappa shape index (κ3) is 2.12. The van der Waals surface area contributed by atoms with Crippen LogP contribution in [-0.4, -0.2) is 26.9 Å². The number of fused-ring (bicyclic) bond motifs is 3. The number of hydrogen-bond donors (Lipinski definition) is 1. The molecule has 7 nitrogen and oxygen atoms in total. The van der Waals surface area contributed by atoms with Crippen molar-refractivity contribution in [1.82, 2.24) is 10.0 Å². The molecule has 3 rings (SSSR count). The van der Waals surface area contributed by atoms with E-state index < -0.39 is 14.9 Å². The van der Waals surface area contributed by atoms with Crippen LogP contribution in [0.15, 0.2) is 29.2 Å². The first-order valence-corrected chi connectivity index (χ1v) is 7.77. The summed E-state index contributed by atoms with van der Waals surface area (Å²) in [6.45, 7) is 0.599. The summed E-state index contributed by atoms with van der Waals surface area (Å²) < 4.78 is 25.9. The van der Waals surface area contributed by atoms with Crippen molar-refractivity contribution in [2.45, 2.75) is 11.3 Å². The van der Waals surface area contributed by atoms with E-state index in [0.717, 1.165) is 5.56 Å². The number of nitro benzene ring substituents is 1. The summed E-state index contributed by atoms with van der Waals surface area (Å²) >= 11 is 0. The zero-order valence-corrected chi connectivity index (χ0v) is 12.0. The van der Waals surface area contributed by atoms with Crippen molar-refractivity contribution in [3.63, 3.8) is 0 Å². The molecule has 2 aromatic rings. The highest BCUT2D eigenvalue weighted by Crippen LogP contribution is 2.38. The van der Waals surface area contributed by atoms with Crippen molar-refractivity contribution >= 4 is 32.2 Å². The van der Waals surface area contributed by atoms with Gasteiger partial charge in [0, 0.05) is 12.6 Å². The zero-order valence-electron chi connectivity index (χ0n) is 11.2. The highest BCUT2D eigenvalue weighted by Gasteiger charge is 2.24. The Morgan fingerprint density at radius 1 is 1.29 bits per heavy atom. The zero-order chi connectivity index (χ0) is 15.2. The van der Waals surface area contributed by atoms with Gasteiger partial charge in [0.2, 0.25) is 10.0 Å². The second-order valence-electron chi connectivity index (χ2n) is 4.70. The Balaban J connectivity index is 2.37. The van der Waals surface area contributed by atoms with Gasteiger partial charge in [-0.25, -0.2) is 13.1 Å². The van der Waals surface area contributed by atoms with E-state index in [9.17, 15) is 18.5 Å². The molecule has 1 aliphatic rings. The summed E-state index contributed by atoms with van der Waals surface area (Å²) in [5.74, 6) is 0. The molecular weight excluding hydrogens is 294 g/mol. The molecule has 0 unspecified atom stereocenters. The van der Waals surface area contributed by atoms with Crippen molar-refractivity contribution in [3.8, 4) is 0 Å². The lowest BCUT2D eigenvalue weighted by molar-refractivity contribution is -0.383. The van der Waals surface area contributed by atoms with Crippen LogP contribution in [0.3, 0.4) is 0 Å². The smallest absolute Gasteiger partial charge is 0.279 e. The van der Waals surface area contributed by atoms with Gasteiger partial charge in [-0.05, 0) is 36.6 Å². The number of rotatable bonds is 3. The van der Waals surface area contributed by atoms with Crippen LogP contribution in [0.4, 0.5) is 11.4 Å². The van der Waals surface area contributed by atoms with Crippen LogP contribution in [-0.2, 0) is 16.4 Å². The number of nitro groups is 1. The molecule has 1 heterocycles. The molecule has 0 aromatic heterocycles. The fourth-order valence-corrected chi connectivity index (χ4v) is 3.31. The highest BCUT2D eigenvalue weighted by molar-refractivity contribution is 7.89. The van der Waals surface area contributed by atoms with Gasteiger partial charge in [-0.15, -0.1) is 0 Å². The molecular formula is C13H12N3O4S. The molecule has 0 fully saturated rings. The largest absolute Gasteiger partial charge is 0.284 e. The lowest BCUT2D eigenvalue weighted by Crippen LogP contribution is -2.18. The van der Waals surface area contributed by atoms with Gasteiger partial charge in [-0.3, -0.25) is 15.4 Å². The van der Waals surface area contributed by atoms with Gasteiger partial charge in [0.05, 0.1) is 20.9 Å². The number of sulfonamides is 1. The summed E-state index contributed by atoms with van der Waals surface area (Å²) in [5, 5.41) is 16.5. The molecule has 1 aliphatic heterocycles. The van der Waals surface area contributed by atoms with Crippen molar-refractivity contribution in [3.05, 3.63) is 39.9 Å². The number of hydrogen-bond acceptors (Lipinski definition) is 4. The van der Waals surface area contributed by atoms with E-state index in [0.29, 0.717) is 29.4 Å². The van der Waals surface area contributed by atoms with Crippen molar-refractivity contribution in [2.75, 3.05) is 13.6 Å². The molecule has 2 aromatic carbocycles. The van der Waals surface area contributed by atoms with Gasteiger partial charge < -0.3 is 0 Å². The maximum absolute atomic E-state index is 11.9. The average molecular weight is 306 g/mol. The fraction of sp³-hybridized carbons (Fsp3) is 0.231. The predicted molar refractivity (Wildman–Crippen MR) is 77.2 cm³/mol. The minimum Gasteiger partial charge on any atom is -0.284 e. The molecule has 0 atom stereocenters. The molecule has 8 heteroatoms. The Morgan fingerprint density at radius 3 is 2.71 bits per heavy atom. The fourth-order valence-electron chi connectivity index (χ4n) is 2.56. The SMILES string of the molecule is CNS(=O)(=O)c1ccc2c3c(cc([N+](=O)[O-])c2c1)[N]CC3. The maximum atomic E-state index is 11.9. The van der Waals surface area contributed by atoms with E-state index in [1.54, 1.807) is 6.07 Å². The Labute approximate surface area is 121 Å². The van der Waals surface area contributed by atoms with Crippen molar-refractivity contribution in [1.29, 1.82) is 0 Å². The Hall–Kier alpha value is -2.19. The lowest BCUT2D eigenvalue weighted by Gasteiger charge is -2.08. The summed E-state index contributed by atoms with van der Waals surface area (Å²) in [4.78, 5) is 10.7. The Morgan fingerprint density at radius 2 is 2.05 bits per heavy atom. The second kappa shape index (κ2) is 4.68. The van der Waals surface area contributed by atoms with Gasteiger partial charge in [0.1, 0.15) is 0 Å². The van der Waals surface area contributed by atoms with Crippen LogP contribution in [0, 0.1) is 10.1 Å². The molecule has 21 heavy (non-hydrogen) atoms. The summed E-state index contributed by atoms with van der Waals surface area (Å²) in [5.41, 5.74) is 1.44. The van der Waals surface area contributed by atoms with Crippen LogP contribution in [0.5, 0.6) is 0 Å². The van der Waals surface area contributed by atoms with Gasteiger partial charge >= 0.3 is 0 Å². The Bertz CT molecular complexity index is 861. The Kier molecular flexibility index (Phi) is 3.07. The van der Waals surface area contributed by atoms with E-state index in [-0.39, 0.29) is 10.6 Å². The predicted octanol–water partition coefficient (Wildman–Crippen LogP) is 1.45. The van der Waals surface area contributed by atoms with E-state index in [2.05, 4.69) is 10.0 Å². The number of non-ortho nitro benzene ring substituents is 1.